The fourth-order valence-corrected chi connectivity index (χ4v) is 11.3. The number of unbranched alkanes of at least 4 members (excludes halogenated alkanes) is 34. The second kappa shape index (κ2) is 65.1. The van der Waals surface area contributed by atoms with E-state index in [4.69, 9.17) is 14.2 Å². The molecule has 0 amide bonds. The molecule has 0 aliphatic carbocycles. The Kier molecular flexibility index (Phi) is 62.3. The lowest BCUT2D eigenvalue weighted by atomic mass is 10.0. The molecule has 0 aliphatic rings. The molecule has 0 bridgehead atoms. The van der Waals surface area contributed by atoms with Crippen LogP contribution in [0.25, 0.3) is 0 Å². The van der Waals surface area contributed by atoms with Crippen LogP contribution in [-0.2, 0) is 28.6 Å². The van der Waals surface area contributed by atoms with Crippen LogP contribution in [0.3, 0.4) is 0 Å². The third-order valence-corrected chi connectivity index (χ3v) is 17.5. The van der Waals surface area contributed by atoms with Gasteiger partial charge in [-0.15, -0.1) is 0 Å². The monoisotopic (exact) mass is 1250 g/mol. The summed E-state index contributed by atoms with van der Waals surface area (Å²) >= 11 is 0. The van der Waals surface area contributed by atoms with Gasteiger partial charge in [-0.25, -0.2) is 0 Å². The molecule has 0 N–H and O–H groups in total. The molecule has 0 aromatic carbocycles. The van der Waals surface area contributed by atoms with Crippen molar-refractivity contribution in [2.75, 3.05) is 0 Å². The van der Waals surface area contributed by atoms with E-state index in [-0.39, 0.29) is 19.3 Å². The van der Waals surface area contributed by atoms with E-state index in [1.54, 1.807) is 6.92 Å². The van der Waals surface area contributed by atoms with Crippen molar-refractivity contribution in [3.05, 3.63) is 106 Å². The van der Waals surface area contributed by atoms with E-state index in [1.165, 1.54) is 163 Å². The molecule has 0 radical (unpaired) electrons. The number of hydrogen-bond donors (Lipinski definition) is 0. The third kappa shape index (κ3) is 59.1. The van der Waals surface area contributed by atoms with Crippen molar-refractivity contribution in [2.24, 2.45) is 0 Å². The van der Waals surface area contributed by atoms with Gasteiger partial charge in [0.25, 0.3) is 0 Å². The minimum Gasteiger partial charge on any atom is -0.384 e. The lowest BCUT2D eigenvalue weighted by Gasteiger charge is -2.32. The maximum absolute atomic E-state index is 14.0. The second-order valence-corrected chi connectivity index (χ2v) is 27.1. The van der Waals surface area contributed by atoms with Gasteiger partial charge in [0.1, 0.15) is 0 Å². The molecule has 0 fully saturated rings. The summed E-state index contributed by atoms with van der Waals surface area (Å²) in [4.78, 5) is 41.9. The Labute approximate surface area is 559 Å². The third-order valence-electron chi connectivity index (χ3n) is 17.5. The first-order chi connectivity index (χ1) is 43.8. The summed E-state index contributed by atoms with van der Waals surface area (Å²) in [6.07, 6.45) is 83.6. The molecule has 0 heterocycles. The average Bonchev–Trinajstić information content (AvgIpc) is 1.07. The quantitative estimate of drug-likeness (QED) is 0.0261. The summed E-state index contributed by atoms with van der Waals surface area (Å²) in [5.41, 5.74) is 7.46. The summed E-state index contributed by atoms with van der Waals surface area (Å²) in [6, 6.07) is 0. The average molecular weight is 1250 g/mol. The summed E-state index contributed by atoms with van der Waals surface area (Å²) in [6.45, 7) is 21.9. The second-order valence-electron chi connectivity index (χ2n) is 27.1. The Hall–Kier alpha value is -3.93. The summed E-state index contributed by atoms with van der Waals surface area (Å²) in [7, 11) is 0. The molecule has 0 saturated carbocycles. The van der Waals surface area contributed by atoms with Crippen molar-refractivity contribution in [3.63, 3.8) is 0 Å². The van der Waals surface area contributed by atoms with Crippen molar-refractivity contribution >= 4 is 17.9 Å². The summed E-state index contributed by atoms with van der Waals surface area (Å²) < 4.78 is 18.7. The molecule has 6 nitrogen and oxygen atoms in total. The molecule has 0 aromatic heterocycles. The molecular weight excluding hydrogens is 1100 g/mol. The SMILES string of the molecule is CCCCCCCC/C=C\CCCCCCCC(=O)OC(OC(=O)CCCCCCC/C=C\CCCCCCCC)(OC(=O)CCCCCCC/C=C\CCCCCCCC)/C(C)=C/CC/C(C)=C/CC/C(C)=C/CC/C=C(\C)CC/C=C(\C)CCC=C(C)C. The van der Waals surface area contributed by atoms with Gasteiger partial charge >= 0.3 is 23.9 Å². The molecule has 0 saturated heterocycles. The van der Waals surface area contributed by atoms with E-state index >= 15 is 0 Å². The van der Waals surface area contributed by atoms with E-state index in [9.17, 15) is 14.4 Å². The maximum atomic E-state index is 14.0. The van der Waals surface area contributed by atoms with Crippen LogP contribution in [0.4, 0.5) is 0 Å². The lowest BCUT2D eigenvalue weighted by Crippen LogP contribution is -2.45. The Balaban J connectivity index is 5.99. The Bertz CT molecular complexity index is 1870. The molecule has 0 rings (SSSR count). The van der Waals surface area contributed by atoms with Gasteiger partial charge in [-0.2, -0.15) is 0 Å². The summed E-state index contributed by atoms with van der Waals surface area (Å²) in [5.74, 6) is -3.79. The molecule has 0 unspecified atom stereocenters. The van der Waals surface area contributed by atoms with E-state index < -0.39 is 23.9 Å². The topological polar surface area (TPSA) is 78.9 Å². The maximum Gasteiger partial charge on any atom is 0.449 e. The minimum atomic E-state index is -2.24. The Morgan fingerprint density at radius 3 is 0.733 bits per heavy atom. The number of ether oxygens (including phenoxy) is 3. The minimum absolute atomic E-state index is 0.159. The first-order valence-electron chi connectivity index (χ1n) is 38.3. The van der Waals surface area contributed by atoms with Gasteiger partial charge in [0.05, 0.1) is 5.57 Å². The predicted octanol–water partition coefficient (Wildman–Crippen LogP) is 28.0. The Morgan fingerprint density at radius 1 is 0.244 bits per heavy atom. The molecule has 0 spiro atoms. The van der Waals surface area contributed by atoms with Gasteiger partial charge in [-0.3, -0.25) is 14.4 Å². The van der Waals surface area contributed by atoms with E-state index in [2.05, 4.69) is 129 Å². The van der Waals surface area contributed by atoms with Crippen LogP contribution < -0.4 is 0 Å². The van der Waals surface area contributed by atoms with Gasteiger partial charge < -0.3 is 14.2 Å². The normalized spacial score (nSPS) is 13.0. The number of rotatable bonds is 64. The first-order valence-corrected chi connectivity index (χ1v) is 38.3. The van der Waals surface area contributed by atoms with Gasteiger partial charge in [-0.05, 0) is 209 Å². The van der Waals surface area contributed by atoms with Crippen LogP contribution in [0.1, 0.15) is 403 Å². The molecule has 518 valence electrons. The van der Waals surface area contributed by atoms with Crippen molar-refractivity contribution in [1.82, 2.24) is 0 Å². The zero-order valence-electron chi connectivity index (χ0n) is 61.1. The van der Waals surface area contributed by atoms with Crippen molar-refractivity contribution in [1.29, 1.82) is 0 Å². The van der Waals surface area contributed by atoms with Crippen LogP contribution in [0.5, 0.6) is 0 Å². The highest BCUT2D eigenvalue weighted by atomic mass is 16.9. The van der Waals surface area contributed by atoms with Crippen molar-refractivity contribution in [2.45, 2.75) is 409 Å². The van der Waals surface area contributed by atoms with E-state index in [1.807, 2.05) is 6.08 Å². The highest BCUT2D eigenvalue weighted by Gasteiger charge is 2.45. The smallest absolute Gasteiger partial charge is 0.384 e. The fraction of sp³-hybridized carbons (Fsp3) is 0.750. The molecule has 0 aliphatic heterocycles. The highest BCUT2D eigenvalue weighted by molar-refractivity contribution is 5.74. The van der Waals surface area contributed by atoms with Crippen molar-refractivity contribution < 1.29 is 28.6 Å². The zero-order chi connectivity index (χ0) is 66.1. The van der Waals surface area contributed by atoms with E-state index in [0.717, 1.165) is 154 Å². The zero-order valence-corrected chi connectivity index (χ0v) is 61.1. The van der Waals surface area contributed by atoms with Gasteiger partial charge in [0.2, 0.25) is 0 Å². The molecule has 0 aromatic rings. The lowest BCUT2D eigenvalue weighted by molar-refractivity contribution is -0.309. The number of carbonyl (C=O) groups is 3. The molecule has 0 atom stereocenters. The first kappa shape index (κ1) is 86.1. The Morgan fingerprint density at radius 2 is 0.467 bits per heavy atom. The summed E-state index contributed by atoms with van der Waals surface area (Å²) in [5, 5.41) is 0. The van der Waals surface area contributed by atoms with Crippen molar-refractivity contribution in [3.8, 4) is 0 Å². The largest absolute Gasteiger partial charge is 0.449 e. The number of allylic oxidation sites excluding steroid dienone is 17. The van der Waals surface area contributed by atoms with Crippen LogP contribution in [0.15, 0.2) is 106 Å². The van der Waals surface area contributed by atoms with Gasteiger partial charge in [0, 0.05) is 19.3 Å². The number of hydrogen-bond acceptors (Lipinski definition) is 6. The fourth-order valence-electron chi connectivity index (χ4n) is 11.3. The molecule has 90 heavy (non-hydrogen) atoms. The van der Waals surface area contributed by atoms with Crippen LogP contribution >= 0.6 is 0 Å². The number of esters is 3. The van der Waals surface area contributed by atoms with Crippen LogP contribution in [0, 0.1) is 0 Å². The standard InChI is InChI=1S/C84H146O6/c1-11-14-17-20-23-26-29-32-35-38-41-44-47-50-53-72-81(85)88-84(89-82(86)73-54-51-48-45-42-39-36-33-30-27-24-21-18-15-12-2,90-83(87)74-55-52-49-46-43-40-37-34-31-28-25-22-19-16-13-3)80(10)71-61-70-79(9)69-60-67-77(7)64-57-56-63-76(6)66-59-68-78(8)65-58-62-75(4)5/h32-37,62-64,68-69,71H,11-31,38-61,65-67,70,72-74H2,1-10H3/b35-32-,36-33-,37-34-,76-63+,77-64+,78-68+,79-69+,80-71+. The van der Waals surface area contributed by atoms with Crippen LogP contribution in [-0.4, -0.2) is 23.9 Å². The molecular formula is C84H146O6. The van der Waals surface area contributed by atoms with Gasteiger partial charge in [-0.1, -0.05) is 276 Å². The van der Waals surface area contributed by atoms with Gasteiger partial charge in [0.15, 0.2) is 0 Å². The van der Waals surface area contributed by atoms with Crippen LogP contribution in [0.2, 0.25) is 0 Å². The number of carbonyl (C=O) groups excluding carboxylic acids is 3. The predicted molar refractivity (Wildman–Crippen MR) is 394 cm³/mol. The highest BCUT2D eigenvalue weighted by Crippen LogP contribution is 2.31. The van der Waals surface area contributed by atoms with E-state index in [0.29, 0.717) is 31.3 Å². The molecule has 6 heteroatoms.